The molecule has 1 aromatic rings. The third-order valence-electron chi connectivity index (χ3n) is 4.74. The molecule has 10 heteroatoms. The average molecular weight is 416 g/mol. The first-order valence-corrected chi connectivity index (χ1v) is 11.1. The van der Waals surface area contributed by atoms with Crippen molar-refractivity contribution in [1.29, 1.82) is 0 Å². The van der Waals surface area contributed by atoms with Crippen LogP contribution in [0.2, 0.25) is 0 Å². The van der Waals surface area contributed by atoms with Crippen molar-refractivity contribution < 1.29 is 27.3 Å². The lowest BCUT2D eigenvalue weighted by molar-refractivity contribution is -0.154. The summed E-state index contributed by atoms with van der Waals surface area (Å²) in [5.41, 5.74) is 0.247. The summed E-state index contributed by atoms with van der Waals surface area (Å²) >= 11 is 0. The molecule has 1 aliphatic rings. The van der Waals surface area contributed by atoms with E-state index in [0.717, 1.165) is 25.7 Å². The maximum Gasteiger partial charge on any atom is 0.307 e. The van der Waals surface area contributed by atoms with E-state index in [1.807, 2.05) is 0 Å². The van der Waals surface area contributed by atoms with Crippen LogP contribution in [0.25, 0.3) is 0 Å². The van der Waals surface area contributed by atoms with Crippen molar-refractivity contribution >= 4 is 21.9 Å². The van der Waals surface area contributed by atoms with Crippen LogP contribution in [0.1, 0.15) is 63.3 Å². The van der Waals surface area contributed by atoms with Crippen molar-refractivity contribution in [3.05, 3.63) is 11.5 Å². The predicted molar refractivity (Wildman–Crippen MR) is 101 cm³/mol. The van der Waals surface area contributed by atoms with E-state index in [-0.39, 0.29) is 41.3 Å². The van der Waals surface area contributed by atoms with Gasteiger partial charge in [0.2, 0.25) is 10.0 Å². The monoisotopic (exact) mass is 415 g/mol. The second-order valence-corrected chi connectivity index (χ2v) is 8.83. The molecule has 0 spiro atoms. The number of sulfonamides is 1. The van der Waals surface area contributed by atoms with Gasteiger partial charge in [-0.3, -0.25) is 9.59 Å². The number of carbonyl (C=O) groups excluding carboxylic acids is 2. The van der Waals surface area contributed by atoms with E-state index in [4.69, 9.17) is 9.26 Å². The second-order valence-electron chi connectivity index (χ2n) is 7.13. The Labute approximate surface area is 165 Å². The van der Waals surface area contributed by atoms with Gasteiger partial charge in [-0.15, -0.1) is 0 Å². The van der Waals surface area contributed by atoms with Crippen LogP contribution in [0.4, 0.5) is 0 Å². The SMILES string of the molecule is Cc1noc(C)c1S(=O)(=O)NCCC(=O)O[C@@H](C)C(=O)NC1CCCCCC1. The normalized spacial score (nSPS) is 17.0. The first-order valence-electron chi connectivity index (χ1n) is 9.63. The first-order chi connectivity index (χ1) is 13.2. The topological polar surface area (TPSA) is 128 Å². The maximum absolute atomic E-state index is 12.3. The summed E-state index contributed by atoms with van der Waals surface area (Å²) in [7, 11) is -3.83. The lowest BCUT2D eigenvalue weighted by Gasteiger charge is -2.19. The minimum Gasteiger partial charge on any atom is -0.453 e. The number of carbonyl (C=O) groups is 2. The van der Waals surface area contributed by atoms with Gasteiger partial charge in [0, 0.05) is 12.6 Å². The summed E-state index contributed by atoms with van der Waals surface area (Å²) in [5.74, 6) is -0.794. The molecule has 1 aliphatic carbocycles. The van der Waals surface area contributed by atoms with Crippen LogP contribution in [-0.2, 0) is 24.3 Å². The summed E-state index contributed by atoms with van der Waals surface area (Å²) < 4.78 is 36.8. The van der Waals surface area contributed by atoms with Crippen LogP contribution < -0.4 is 10.0 Å². The summed E-state index contributed by atoms with van der Waals surface area (Å²) in [6.07, 6.45) is 5.31. The molecule has 1 saturated carbocycles. The quantitative estimate of drug-likeness (QED) is 0.489. The van der Waals surface area contributed by atoms with E-state index in [1.165, 1.54) is 33.6 Å². The van der Waals surface area contributed by atoms with Crippen LogP contribution in [-0.4, -0.2) is 44.1 Å². The van der Waals surface area contributed by atoms with Gasteiger partial charge in [0.25, 0.3) is 5.91 Å². The molecule has 1 aromatic heterocycles. The fraction of sp³-hybridized carbons (Fsp3) is 0.722. The molecule has 0 radical (unpaired) electrons. The number of rotatable bonds is 8. The zero-order valence-electron chi connectivity index (χ0n) is 16.6. The fourth-order valence-electron chi connectivity index (χ4n) is 3.27. The lowest BCUT2D eigenvalue weighted by Crippen LogP contribution is -2.42. The number of hydrogen-bond acceptors (Lipinski definition) is 7. The van der Waals surface area contributed by atoms with Crippen LogP contribution in [0.3, 0.4) is 0 Å². The minimum absolute atomic E-state index is 0.0305. The number of hydrogen-bond donors (Lipinski definition) is 2. The number of nitrogens with one attached hydrogen (secondary N) is 2. The van der Waals surface area contributed by atoms with E-state index in [9.17, 15) is 18.0 Å². The van der Waals surface area contributed by atoms with Crippen LogP contribution in [0, 0.1) is 13.8 Å². The highest BCUT2D eigenvalue weighted by atomic mass is 32.2. The fourth-order valence-corrected chi connectivity index (χ4v) is 4.63. The second kappa shape index (κ2) is 10.0. The standard InChI is InChI=1S/C18H29N3O6S/c1-12-17(13(2)27-21-12)28(24,25)19-11-10-16(22)26-14(3)18(23)20-15-8-6-4-5-7-9-15/h14-15,19H,4-11H2,1-3H3,(H,20,23)/t14-/m0/s1. The molecule has 0 bridgehead atoms. The predicted octanol–water partition coefficient (Wildman–Crippen LogP) is 1.73. The molecule has 0 saturated heterocycles. The Balaban J connectivity index is 1.76. The van der Waals surface area contributed by atoms with Crippen LogP contribution in [0.15, 0.2) is 9.42 Å². The molecule has 0 aliphatic heterocycles. The number of amides is 1. The third-order valence-corrected chi connectivity index (χ3v) is 6.44. The zero-order chi connectivity index (χ0) is 20.7. The highest BCUT2D eigenvalue weighted by Crippen LogP contribution is 2.19. The molecule has 2 rings (SSSR count). The third kappa shape index (κ3) is 6.30. The highest BCUT2D eigenvalue weighted by Gasteiger charge is 2.25. The Morgan fingerprint density at radius 3 is 2.43 bits per heavy atom. The summed E-state index contributed by atoms with van der Waals surface area (Å²) in [6.45, 7) is 4.38. The number of aryl methyl sites for hydroxylation is 2. The molecular weight excluding hydrogens is 386 g/mol. The van der Waals surface area contributed by atoms with E-state index < -0.39 is 22.1 Å². The van der Waals surface area contributed by atoms with Crippen molar-refractivity contribution in [2.45, 2.75) is 82.8 Å². The van der Waals surface area contributed by atoms with Gasteiger partial charge in [-0.1, -0.05) is 30.8 Å². The molecule has 1 fully saturated rings. The molecular formula is C18H29N3O6S. The van der Waals surface area contributed by atoms with Gasteiger partial charge < -0.3 is 14.6 Å². The molecule has 9 nitrogen and oxygen atoms in total. The number of ether oxygens (including phenoxy) is 1. The van der Waals surface area contributed by atoms with Gasteiger partial charge in [0.05, 0.1) is 6.42 Å². The van der Waals surface area contributed by atoms with Crippen molar-refractivity contribution in [1.82, 2.24) is 15.2 Å². The molecule has 28 heavy (non-hydrogen) atoms. The number of esters is 1. The smallest absolute Gasteiger partial charge is 0.307 e. The van der Waals surface area contributed by atoms with Crippen molar-refractivity contribution in [3.63, 3.8) is 0 Å². The molecule has 1 heterocycles. The molecule has 0 unspecified atom stereocenters. The first kappa shape index (κ1) is 22.4. The molecule has 1 atom stereocenters. The maximum atomic E-state index is 12.3. The molecule has 0 aromatic carbocycles. The minimum atomic E-state index is -3.83. The zero-order valence-corrected chi connectivity index (χ0v) is 17.4. The average Bonchev–Trinajstić information content (AvgIpc) is 2.81. The molecule has 2 N–H and O–H groups in total. The van der Waals surface area contributed by atoms with Crippen molar-refractivity contribution in [3.8, 4) is 0 Å². The number of nitrogens with zero attached hydrogens (tertiary/aromatic N) is 1. The van der Waals surface area contributed by atoms with Gasteiger partial charge in [0.15, 0.2) is 11.9 Å². The Kier molecular flexibility index (Phi) is 7.99. The lowest BCUT2D eigenvalue weighted by atomic mass is 10.1. The van der Waals surface area contributed by atoms with Crippen LogP contribution >= 0.6 is 0 Å². The van der Waals surface area contributed by atoms with Gasteiger partial charge in [-0.25, -0.2) is 13.1 Å². The largest absolute Gasteiger partial charge is 0.453 e. The van der Waals surface area contributed by atoms with E-state index in [2.05, 4.69) is 15.2 Å². The Hall–Kier alpha value is -1.94. The van der Waals surface area contributed by atoms with Gasteiger partial charge in [0.1, 0.15) is 10.6 Å². The van der Waals surface area contributed by atoms with Gasteiger partial charge in [-0.2, -0.15) is 0 Å². The van der Waals surface area contributed by atoms with Gasteiger partial charge >= 0.3 is 5.97 Å². The molecule has 158 valence electrons. The number of aromatic nitrogens is 1. The Morgan fingerprint density at radius 2 is 1.86 bits per heavy atom. The van der Waals surface area contributed by atoms with Gasteiger partial charge in [-0.05, 0) is 33.6 Å². The Morgan fingerprint density at radius 1 is 1.21 bits per heavy atom. The molecule has 1 amide bonds. The summed E-state index contributed by atoms with van der Waals surface area (Å²) in [5, 5.41) is 6.54. The van der Waals surface area contributed by atoms with E-state index in [0.29, 0.717) is 0 Å². The summed E-state index contributed by atoms with van der Waals surface area (Å²) in [6, 6.07) is 0.123. The van der Waals surface area contributed by atoms with Crippen molar-refractivity contribution in [2.75, 3.05) is 6.54 Å². The van der Waals surface area contributed by atoms with E-state index in [1.54, 1.807) is 0 Å². The van der Waals surface area contributed by atoms with Crippen molar-refractivity contribution in [2.24, 2.45) is 0 Å². The summed E-state index contributed by atoms with van der Waals surface area (Å²) in [4.78, 5) is 24.1. The Bertz CT molecular complexity index is 762. The highest BCUT2D eigenvalue weighted by molar-refractivity contribution is 7.89. The van der Waals surface area contributed by atoms with Crippen LogP contribution in [0.5, 0.6) is 0 Å². The van der Waals surface area contributed by atoms with E-state index >= 15 is 0 Å².